The highest BCUT2D eigenvalue weighted by Crippen LogP contribution is 2.38. The van der Waals surface area contributed by atoms with Crippen molar-refractivity contribution in [2.24, 2.45) is 5.73 Å². The van der Waals surface area contributed by atoms with Crippen LogP contribution in [0.25, 0.3) is 10.9 Å². The third-order valence-electron chi connectivity index (χ3n) is 5.21. The molecule has 1 aliphatic carbocycles. The Morgan fingerprint density at radius 1 is 1.15 bits per heavy atom. The first-order chi connectivity index (χ1) is 16.3. The quantitative estimate of drug-likeness (QED) is 0.379. The Morgan fingerprint density at radius 3 is 2.56 bits per heavy atom. The maximum atomic E-state index is 14.6. The standard InChI is InChI=1S/C22H24Cl2FN5O2.C2H6/c1-30(2)5-6-31-18-10-17-14(9-19(18)32-13-7-12(26)8-13)22(28-11-27-17)29-16-4-3-15(23)20(24)21(16)25;1-2/h3-4,9-13H,5-8,26H2,1-2H3,(H,27,28,29);1-2H3. The highest BCUT2D eigenvalue weighted by Gasteiger charge is 2.29. The van der Waals surface area contributed by atoms with Gasteiger partial charge in [-0.15, -0.1) is 0 Å². The summed E-state index contributed by atoms with van der Waals surface area (Å²) in [5, 5.41) is 3.61. The molecule has 10 heteroatoms. The Kier molecular flexibility index (Phi) is 9.13. The van der Waals surface area contributed by atoms with Crippen molar-refractivity contribution in [3.05, 3.63) is 46.5 Å². The number of aromatic nitrogens is 2. The molecule has 0 saturated heterocycles. The molecule has 0 atom stereocenters. The molecule has 34 heavy (non-hydrogen) atoms. The predicted octanol–water partition coefficient (Wildman–Crippen LogP) is 5.65. The van der Waals surface area contributed by atoms with E-state index in [-0.39, 0.29) is 27.9 Å². The van der Waals surface area contributed by atoms with Gasteiger partial charge in [-0.2, -0.15) is 0 Å². The monoisotopic (exact) mass is 509 g/mol. The number of likely N-dealkylation sites (N-methyl/N-ethyl adjacent to an activating group) is 1. The second kappa shape index (κ2) is 11.8. The van der Waals surface area contributed by atoms with E-state index in [4.69, 9.17) is 38.4 Å². The number of halogens is 3. The molecule has 0 radical (unpaired) electrons. The number of hydrogen-bond donors (Lipinski definition) is 2. The van der Waals surface area contributed by atoms with E-state index in [1.54, 1.807) is 6.07 Å². The van der Waals surface area contributed by atoms with E-state index in [0.717, 1.165) is 19.4 Å². The summed E-state index contributed by atoms with van der Waals surface area (Å²) < 4.78 is 26.7. The zero-order valence-electron chi connectivity index (χ0n) is 19.7. The van der Waals surface area contributed by atoms with Crippen LogP contribution in [0.1, 0.15) is 26.7 Å². The molecule has 0 spiro atoms. The minimum absolute atomic E-state index is 0.0206. The highest BCUT2D eigenvalue weighted by molar-refractivity contribution is 6.42. The van der Waals surface area contributed by atoms with Gasteiger partial charge in [-0.25, -0.2) is 14.4 Å². The minimum atomic E-state index is -0.658. The van der Waals surface area contributed by atoms with E-state index in [9.17, 15) is 4.39 Å². The minimum Gasteiger partial charge on any atom is -0.488 e. The molecule has 1 aromatic heterocycles. The van der Waals surface area contributed by atoms with Gasteiger partial charge in [-0.3, -0.25) is 0 Å². The summed E-state index contributed by atoms with van der Waals surface area (Å²) in [7, 11) is 3.95. The van der Waals surface area contributed by atoms with Crippen LogP contribution < -0.4 is 20.5 Å². The van der Waals surface area contributed by atoms with Gasteiger partial charge in [0.25, 0.3) is 0 Å². The van der Waals surface area contributed by atoms with Crippen molar-refractivity contribution in [2.75, 3.05) is 32.6 Å². The lowest BCUT2D eigenvalue weighted by molar-refractivity contribution is 0.0958. The van der Waals surface area contributed by atoms with Crippen LogP contribution in [0.3, 0.4) is 0 Å². The van der Waals surface area contributed by atoms with Gasteiger partial charge in [0.15, 0.2) is 17.3 Å². The van der Waals surface area contributed by atoms with E-state index in [1.165, 1.54) is 18.5 Å². The van der Waals surface area contributed by atoms with Crippen molar-refractivity contribution in [1.29, 1.82) is 0 Å². The zero-order chi connectivity index (χ0) is 24.8. The van der Waals surface area contributed by atoms with E-state index >= 15 is 0 Å². The Hall–Kier alpha value is -2.39. The zero-order valence-corrected chi connectivity index (χ0v) is 21.3. The lowest BCUT2D eigenvalue weighted by Crippen LogP contribution is -2.43. The number of rotatable bonds is 8. The fourth-order valence-corrected chi connectivity index (χ4v) is 3.65. The summed E-state index contributed by atoms with van der Waals surface area (Å²) >= 11 is 11.8. The molecular weight excluding hydrogens is 480 g/mol. The summed E-state index contributed by atoms with van der Waals surface area (Å²) in [6, 6.07) is 6.78. The number of nitrogens with zero attached hydrogens (tertiary/aromatic N) is 3. The molecule has 1 aliphatic rings. The van der Waals surface area contributed by atoms with Crippen molar-refractivity contribution in [3.8, 4) is 11.5 Å². The van der Waals surface area contributed by atoms with Gasteiger partial charge in [0.2, 0.25) is 0 Å². The van der Waals surface area contributed by atoms with Crippen LogP contribution in [0.2, 0.25) is 10.0 Å². The van der Waals surface area contributed by atoms with Gasteiger partial charge in [0, 0.05) is 24.0 Å². The summed E-state index contributed by atoms with van der Waals surface area (Å²) in [4.78, 5) is 10.7. The second-order valence-electron chi connectivity index (χ2n) is 8.01. The number of nitrogens with one attached hydrogen (secondary N) is 1. The molecule has 4 rings (SSSR count). The SMILES string of the molecule is CC.CN(C)CCOc1cc2ncnc(Nc3ccc(Cl)c(Cl)c3F)c2cc1OC1CC(N)C1. The molecule has 184 valence electrons. The second-order valence-corrected chi connectivity index (χ2v) is 8.79. The van der Waals surface area contributed by atoms with Gasteiger partial charge in [0.05, 0.1) is 21.2 Å². The predicted molar refractivity (Wildman–Crippen MR) is 136 cm³/mol. The van der Waals surface area contributed by atoms with Crippen LogP contribution in [0.4, 0.5) is 15.9 Å². The van der Waals surface area contributed by atoms with Crippen LogP contribution in [0.5, 0.6) is 11.5 Å². The van der Waals surface area contributed by atoms with Crippen molar-refractivity contribution < 1.29 is 13.9 Å². The van der Waals surface area contributed by atoms with Crippen molar-refractivity contribution in [3.63, 3.8) is 0 Å². The van der Waals surface area contributed by atoms with Gasteiger partial charge in [-0.1, -0.05) is 37.0 Å². The van der Waals surface area contributed by atoms with Gasteiger partial charge < -0.3 is 25.4 Å². The number of anilines is 2. The smallest absolute Gasteiger partial charge is 0.166 e. The summed E-state index contributed by atoms with van der Waals surface area (Å²) in [5.74, 6) is 0.905. The maximum absolute atomic E-state index is 14.6. The van der Waals surface area contributed by atoms with Gasteiger partial charge in [0.1, 0.15) is 24.9 Å². The van der Waals surface area contributed by atoms with Crippen LogP contribution in [-0.4, -0.2) is 54.3 Å². The molecule has 0 aliphatic heterocycles. The highest BCUT2D eigenvalue weighted by atomic mass is 35.5. The summed E-state index contributed by atoms with van der Waals surface area (Å²) in [5.41, 5.74) is 6.69. The molecular formula is C24H30Cl2FN5O2. The number of fused-ring (bicyclic) bond motifs is 1. The molecule has 0 unspecified atom stereocenters. The number of nitrogens with two attached hydrogens (primary N) is 1. The van der Waals surface area contributed by atoms with Crippen LogP contribution >= 0.6 is 23.2 Å². The van der Waals surface area contributed by atoms with Crippen LogP contribution in [-0.2, 0) is 0 Å². The average molecular weight is 510 g/mol. The number of hydrogen-bond acceptors (Lipinski definition) is 7. The van der Waals surface area contributed by atoms with Crippen molar-refractivity contribution in [2.45, 2.75) is 38.8 Å². The summed E-state index contributed by atoms with van der Waals surface area (Å²) in [6.45, 7) is 5.24. The first kappa shape index (κ1) is 26.2. The normalized spacial score (nSPS) is 17.1. The Balaban J connectivity index is 0.00000158. The summed E-state index contributed by atoms with van der Waals surface area (Å²) in [6.07, 6.45) is 2.97. The topological polar surface area (TPSA) is 85.5 Å². The largest absolute Gasteiger partial charge is 0.488 e. The maximum Gasteiger partial charge on any atom is 0.166 e. The first-order valence-electron chi connectivity index (χ1n) is 11.2. The Morgan fingerprint density at radius 2 is 1.88 bits per heavy atom. The van der Waals surface area contributed by atoms with E-state index < -0.39 is 5.82 Å². The van der Waals surface area contributed by atoms with Gasteiger partial charge >= 0.3 is 0 Å². The molecule has 0 amide bonds. The molecule has 3 N–H and O–H groups in total. The van der Waals surface area contributed by atoms with Crippen molar-refractivity contribution >= 4 is 45.6 Å². The van der Waals surface area contributed by atoms with E-state index in [2.05, 4.69) is 15.3 Å². The average Bonchev–Trinajstić information content (AvgIpc) is 2.80. The molecule has 2 aromatic carbocycles. The number of ether oxygens (including phenoxy) is 2. The fourth-order valence-electron chi connectivity index (χ4n) is 3.34. The third-order valence-corrected chi connectivity index (χ3v) is 5.99. The molecule has 1 fully saturated rings. The molecule has 1 heterocycles. The Labute approximate surface area is 209 Å². The molecule has 7 nitrogen and oxygen atoms in total. The lowest BCUT2D eigenvalue weighted by atomic mass is 9.90. The number of benzene rings is 2. The van der Waals surface area contributed by atoms with Crippen molar-refractivity contribution in [1.82, 2.24) is 14.9 Å². The van der Waals surface area contributed by atoms with E-state index in [0.29, 0.717) is 34.8 Å². The third kappa shape index (κ3) is 6.18. The van der Waals surface area contributed by atoms with Gasteiger partial charge in [-0.05, 0) is 45.1 Å². The molecule has 0 bridgehead atoms. The van der Waals surface area contributed by atoms with Crippen LogP contribution in [0.15, 0.2) is 30.6 Å². The van der Waals surface area contributed by atoms with Crippen LogP contribution in [0, 0.1) is 5.82 Å². The Bertz CT molecular complexity index is 1130. The molecule has 3 aromatic rings. The molecule has 1 saturated carbocycles. The fraction of sp³-hybridized carbons (Fsp3) is 0.417. The van der Waals surface area contributed by atoms with E-state index in [1.807, 2.05) is 38.9 Å². The lowest BCUT2D eigenvalue weighted by Gasteiger charge is -2.33. The first-order valence-corrected chi connectivity index (χ1v) is 12.0.